The van der Waals surface area contributed by atoms with E-state index in [-0.39, 0.29) is 30.4 Å². The molecule has 0 amide bonds. The van der Waals surface area contributed by atoms with Gasteiger partial charge < -0.3 is 29.4 Å². The summed E-state index contributed by atoms with van der Waals surface area (Å²) < 4.78 is 22.4. The first-order valence-electron chi connectivity index (χ1n) is 9.15. The highest BCUT2D eigenvalue weighted by atomic mass is 16.8. The lowest BCUT2D eigenvalue weighted by Gasteiger charge is -2.32. The fourth-order valence-electron chi connectivity index (χ4n) is 3.54. The standard InChI is InChI=1S/C21H21N2O6/c1-22-10-9-14-12-18-20(29-13-28-18)21(26-2)19(14)17(22)4-3-11-27-16-7-5-15(6-8-16)23(24)25/h5-8,12,17,24H,9-11,13H2,1-2H3/q-1/t17-/m1/s1. The Morgan fingerprint density at radius 2 is 2.10 bits per heavy atom. The maximum Gasteiger partial charge on any atom is 0.231 e. The number of anilines is 1. The van der Waals surface area contributed by atoms with E-state index in [2.05, 4.69) is 16.7 Å². The Hall–Kier alpha value is -3.12. The number of rotatable bonds is 4. The zero-order valence-corrected chi connectivity index (χ0v) is 16.2. The molecule has 0 fully saturated rings. The molecule has 2 aliphatic heterocycles. The maximum atomic E-state index is 10.8. The Balaban J connectivity index is 1.53. The average Bonchev–Trinajstić information content (AvgIpc) is 3.19. The number of nitrogens with zero attached hydrogens (tertiary/aromatic N) is 2. The van der Waals surface area contributed by atoms with Crippen molar-refractivity contribution in [1.82, 2.24) is 4.90 Å². The van der Waals surface area contributed by atoms with Gasteiger partial charge >= 0.3 is 0 Å². The smallest absolute Gasteiger partial charge is 0.231 e. The molecular weight excluding hydrogens is 376 g/mol. The van der Waals surface area contributed by atoms with Crippen LogP contribution in [0.5, 0.6) is 23.0 Å². The van der Waals surface area contributed by atoms with E-state index in [1.54, 1.807) is 19.2 Å². The molecule has 0 saturated carbocycles. The van der Waals surface area contributed by atoms with Gasteiger partial charge in [-0.1, -0.05) is 11.8 Å². The molecular formula is C21H21N2O6-. The highest BCUT2D eigenvalue weighted by molar-refractivity contribution is 5.63. The maximum absolute atomic E-state index is 10.8. The van der Waals surface area contributed by atoms with Crippen molar-refractivity contribution >= 4 is 5.69 Å². The third-order valence-corrected chi connectivity index (χ3v) is 5.00. The van der Waals surface area contributed by atoms with Crippen LogP contribution in [-0.4, -0.2) is 44.2 Å². The summed E-state index contributed by atoms with van der Waals surface area (Å²) in [6, 6.07) is 7.99. The van der Waals surface area contributed by atoms with Crippen LogP contribution in [0.2, 0.25) is 0 Å². The summed E-state index contributed by atoms with van der Waals surface area (Å²) in [7, 11) is 3.65. The van der Waals surface area contributed by atoms with E-state index in [4.69, 9.17) is 24.2 Å². The van der Waals surface area contributed by atoms with E-state index in [0.717, 1.165) is 24.1 Å². The molecule has 8 heteroatoms. The molecule has 2 aromatic rings. The topological polar surface area (TPSA) is 86.7 Å². The number of hydrogen-bond acceptors (Lipinski definition) is 8. The monoisotopic (exact) mass is 397 g/mol. The van der Waals surface area contributed by atoms with Crippen molar-refractivity contribution in [1.29, 1.82) is 0 Å². The van der Waals surface area contributed by atoms with Crippen LogP contribution in [0.25, 0.3) is 0 Å². The molecule has 29 heavy (non-hydrogen) atoms. The summed E-state index contributed by atoms with van der Waals surface area (Å²) in [6.45, 7) is 1.24. The first kappa shape index (κ1) is 19.2. The van der Waals surface area contributed by atoms with Gasteiger partial charge in [0.25, 0.3) is 0 Å². The summed E-state index contributed by atoms with van der Waals surface area (Å²) in [6.07, 6.45) is 0.876. The predicted octanol–water partition coefficient (Wildman–Crippen LogP) is 2.73. The van der Waals surface area contributed by atoms with Gasteiger partial charge in [-0.2, -0.15) is 0 Å². The molecule has 0 spiro atoms. The van der Waals surface area contributed by atoms with Crippen LogP contribution in [-0.2, 0) is 6.42 Å². The van der Waals surface area contributed by atoms with Crippen molar-refractivity contribution in [3.63, 3.8) is 0 Å². The normalized spacial score (nSPS) is 17.2. The molecule has 8 nitrogen and oxygen atoms in total. The number of methoxy groups -OCH3 is 1. The molecule has 0 aromatic heterocycles. The second-order valence-corrected chi connectivity index (χ2v) is 6.73. The van der Waals surface area contributed by atoms with Gasteiger partial charge in [0.05, 0.1) is 12.8 Å². The van der Waals surface area contributed by atoms with E-state index >= 15 is 0 Å². The van der Waals surface area contributed by atoms with Crippen LogP contribution in [0.15, 0.2) is 30.3 Å². The minimum absolute atomic E-state index is 0.134. The number of likely N-dealkylation sites (N-methyl/N-ethyl adjacent to an activating group) is 1. The fourth-order valence-corrected chi connectivity index (χ4v) is 3.54. The number of benzene rings is 2. The third-order valence-electron chi connectivity index (χ3n) is 5.00. The van der Waals surface area contributed by atoms with Crippen molar-refractivity contribution < 1.29 is 24.2 Å². The minimum atomic E-state index is -0.196. The van der Waals surface area contributed by atoms with E-state index in [1.807, 2.05) is 13.1 Å². The van der Waals surface area contributed by atoms with Crippen LogP contribution in [0.3, 0.4) is 0 Å². The minimum Gasteiger partial charge on any atom is -0.733 e. The molecule has 0 unspecified atom stereocenters. The SMILES string of the molecule is COc1c2c(cc3c1[C@@H](C#CCOc1ccc(N([O-])O)cc1)N(C)CC3)OCO2. The van der Waals surface area contributed by atoms with Crippen molar-refractivity contribution in [3.05, 3.63) is 46.7 Å². The van der Waals surface area contributed by atoms with E-state index in [1.165, 1.54) is 12.1 Å². The highest BCUT2D eigenvalue weighted by Gasteiger charge is 2.33. The molecule has 0 aliphatic carbocycles. The quantitative estimate of drug-likeness (QED) is 0.623. The Kier molecular flexibility index (Phi) is 5.36. The first-order valence-corrected chi connectivity index (χ1v) is 9.15. The summed E-state index contributed by atoms with van der Waals surface area (Å²) >= 11 is 0. The second-order valence-electron chi connectivity index (χ2n) is 6.73. The molecule has 2 aliphatic rings. The van der Waals surface area contributed by atoms with Crippen LogP contribution in [0, 0.1) is 17.0 Å². The lowest BCUT2D eigenvalue weighted by molar-refractivity contribution is 0.171. The predicted molar refractivity (Wildman–Crippen MR) is 106 cm³/mol. The second kappa shape index (κ2) is 8.09. The van der Waals surface area contributed by atoms with Gasteiger partial charge in [-0.3, -0.25) is 10.1 Å². The van der Waals surface area contributed by atoms with Crippen molar-refractivity contribution in [3.8, 4) is 34.8 Å². The summed E-state index contributed by atoms with van der Waals surface area (Å²) in [5.74, 6) is 8.90. The molecule has 1 N–H and O–H groups in total. The zero-order chi connectivity index (χ0) is 20.4. The van der Waals surface area contributed by atoms with Crippen molar-refractivity contribution in [2.45, 2.75) is 12.5 Å². The van der Waals surface area contributed by atoms with Gasteiger partial charge in [0.1, 0.15) is 18.4 Å². The fraction of sp³-hybridized carbons (Fsp3) is 0.333. The highest BCUT2D eigenvalue weighted by Crippen LogP contribution is 2.49. The molecule has 0 saturated heterocycles. The van der Waals surface area contributed by atoms with E-state index in [0.29, 0.717) is 23.0 Å². The molecule has 0 bridgehead atoms. The molecule has 0 radical (unpaired) electrons. The lowest BCUT2D eigenvalue weighted by atomic mass is 9.91. The summed E-state index contributed by atoms with van der Waals surface area (Å²) in [5.41, 5.74) is 2.28. The molecule has 152 valence electrons. The number of hydrogen-bond donors (Lipinski definition) is 1. The van der Waals surface area contributed by atoms with Crippen LogP contribution < -0.4 is 24.2 Å². The van der Waals surface area contributed by atoms with Gasteiger partial charge in [-0.05, 0) is 49.4 Å². The largest absolute Gasteiger partial charge is 0.733 e. The van der Waals surface area contributed by atoms with Crippen LogP contribution in [0.1, 0.15) is 17.2 Å². The lowest BCUT2D eigenvalue weighted by Crippen LogP contribution is -2.31. The number of fused-ring (bicyclic) bond motifs is 2. The Morgan fingerprint density at radius 3 is 2.83 bits per heavy atom. The Labute approximate surface area is 168 Å². The van der Waals surface area contributed by atoms with Gasteiger partial charge in [-0.15, -0.1) is 0 Å². The molecule has 2 aromatic carbocycles. The van der Waals surface area contributed by atoms with Crippen LogP contribution in [0.4, 0.5) is 5.69 Å². The third kappa shape index (κ3) is 3.76. The Morgan fingerprint density at radius 1 is 1.31 bits per heavy atom. The van der Waals surface area contributed by atoms with Gasteiger partial charge in [0.2, 0.25) is 12.5 Å². The van der Waals surface area contributed by atoms with Gasteiger partial charge in [0.15, 0.2) is 11.5 Å². The molecule has 1 atom stereocenters. The summed E-state index contributed by atoms with van der Waals surface area (Å²) in [4.78, 5) is 2.17. The van der Waals surface area contributed by atoms with Crippen molar-refractivity contribution in [2.75, 3.05) is 39.3 Å². The first-order chi connectivity index (χ1) is 14.1. The van der Waals surface area contributed by atoms with Gasteiger partial charge in [0, 0.05) is 12.1 Å². The van der Waals surface area contributed by atoms with E-state index < -0.39 is 0 Å². The average molecular weight is 397 g/mol. The zero-order valence-electron chi connectivity index (χ0n) is 16.2. The number of ether oxygens (including phenoxy) is 4. The molecule has 2 heterocycles. The van der Waals surface area contributed by atoms with Crippen molar-refractivity contribution in [2.24, 2.45) is 0 Å². The Bertz CT molecular complexity index is 948. The molecule has 4 rings (SSSR count). The summed E-state index contributed by atoms with van der Waals surface area (Å²) in [5, 5.41) is 19.5. The van der Waals surface area contributed by atoms with E-state index in [9.17, 15) is 5.21 Å². The van der Waals surface area contributed by atoms with Gasteiger partial charge in [-0.25, -0.2) is 0 Å². The van der Waals surface area contributed by atoms with Crippen LogP contribution >= 0.6 is 0 Å².